The average molecular weight is 840 g/mol. The first-order chi connectivity index (χ1) is 26.0. The maximum absolute atomic E-state index is 10.6. The van der Waals surface area contributed by atoms with E-state index in [9.17, 15) is 9.59 Å². The fourth-order valence-electron chi connectivity index (χ4n) is 6.24. The third-order valence-electron chi connectivity index (χ3n) is 9.36. The van der Waals surface area contributed by atoms with Gasteiger partial charge < -0.3 is 10.5 Å². The molecule has 2 amide bonds. The molecule has 0 aliphatic carbocycles. The van der Waals surface area contributed by atoms with Crippen LogP contribution in [0.4, 0.5) is 0 Å². The molecule has 0 bridgehead atoms. The number of hydrogen-bond acceptors (Lipinski definition) is 2. The van der Waals surface area contributed by atoms with Gasteiger partial charge in [0.25, 0.3) is 0 Å². The van der Waals surface area contributed by atoms with Crippen molar-refractivity contribution < 1.29 is 30.4 Å². The van der Waals surface area contributed by atoms with E-state index in [0.29, 0.717) is 24.7 Å². The number of halogens is 2. The van der Waals surface area contributed by atoms with Crippen LogP contribution in [0.5, 0.6) is 0 Å². The van der Waals surface area contributed by atoms with Gasteiger partial charge >= 0.3 is 45.4 Å². The number of rotatable bonds is 10. The van der Waals surface area contributed by atoms with Gasteiger partial charge in [-0.05, 0) is 46.9 Å². The molecule has 281 valence electrons. The summed E-state index contributed by atoms with van der Waals surface area (Å²) in [6, 6.07) is 40.2. The molecule has 0 fully saturated rings. The number of benzene rings is 4. The van der Waals surface area contributed by atoms with Gasteiger partial charge in [0.15, 0.2) is 0 Å². The first-order valence-corrected chi connectivity index (χ1v) is 25.3. The van der Waals surface area contributed by atoms with Crippen molar-refractivity contribution >= 4 is 57.9 Å². The van der Waals surface area contributed by atoms with E-state index in [1.807, 2.05) is 0 Å². The standard InChI is InChI=1S/2C20H21.C6H12BN2O2.2ClH.Zr/c2*1-4-15-8-5-6-10-18(15)19-11-7-9-16-12-17(14(2)3)13-20(16)19;1-3-5(10)8-7-9-6(11)4-2;;;/h2*5-14H,4H2,1-3H3;3-4H2,1-2H3,(H,8,10)(H,9,11);2*1H;/q2*-1;;;;+4/p-2. The Morgan fingerprint density at radius 1 is 0.593 bits per heavy atom. The molecule has 1 radical (unpaired) electrons. The summed E-state index contributed by atoms with van der Waals surface area (Å²) in [6.45, 7) is 17.0. The van der Waals surface area contributed by atoms with Crippen LogP contribution in [-0.4, -0.2) is 19.4 Å². The Morgan fingerprint density at radius 3 is 1.28 bits per heavy atom. The Morgan fingerprint density at radius 2 is 0.944 bits per heavy atom. The van der Waals surface area contributed by atoms with Crippen LogP contribution in [0.1, 0.15) is 102 Å². The second-order valence-corrected chi connectivity index (χ2v) is 17.3. The van der Waals surface area contributed by atoms with Gasteiger partial charge in [0.05, 0.1) is 0 Å². The average Bonchev–Trinajstić information content (AvgIpc) is 3.84. The zero-order chi connectivity index (χ0) is 39.6. The molecule has 0 aromatic heterocycles. The van der Waals surface area contributed by atoms with Crippen molar-refractivity contribution in [1.82, 2.24) is 10.5 Å². The zero-order valence-electron chi connectivity index (χ0n) is 33.0. The molecule has 0 atom stereocenters. The molecule has 0 saturated carbocycles. The number of nitrogens with one attached hydrogen (secondary N) is 2. The third-order valence-corrected chi connectivity index (χ3v) is 9.36. The summed E-state index contributed by atoms with van der Waals surface area (Å²) in [5, 5.41) is 10.3. The zero-order valence-corrected chi connectivity index (χ0v) is 37.0. The first kappa shape index (κ1) is 45.0. The predicted octanol–water partition coefficient (Wildman–Crippen LogP) is 12.8. The molecule has 54 heavy (non-hydrogen) atoms. The predicted molar refractivity (Wildman–Crippen MR) is 231 cm³/mol. The minimum absolute atomic E-state index is 0.110. The second-order valence-electron chi connectivity index (χ2n) is 13.6. The number of carbonyl (C=O) groups is 2. The number of hydrogen-bond donors (Lipinski definition) is 2. The molecule has 2 N–H and O–H groups in total. The van der Waals surface area contributed by atoms with E-state index in [1.54, 1.807) is 13.8 Å². The van der Waals surface area contributed by atoms with Crippen molar-refractivity contribution in [3.63, 3.8) is 0 Å². The summed E-state index contributed by atoms with van der Waals surface area (Å²) in [7, 11) is 11.1. The molecular formula is C46H54BCl2N2O2Zr. The normalized spacial score (nSPS) is 10.4. The molecule has 0 aliphatic heterocycles. The van der Waals surface area contributed by atoms with Gasteiger partial charge in [-0.2, -0.15) is 12.1 Å². The molecule has 0 aliphatic rings. The Bertz CT molecular complexity index is 1920. The Kier molecular flexibility index (Phi) is 19.5. The van der Waals surface area contributed by atoms with Crippen LogP contribution < -0.4 is 10.5 Å². The Balaban J connectivity index is 0.000000219. The van der Waals surface area contributed by atoms with Gasteiger partial charge in [0.1, 0.15) is 0 Å². The number of aryl methyl sites for hydroxylation is 2. The van der Waals surface area contributed by atoms with Crippen LogP contribution >= 0.6 is 17.0 Å². The first-order valence-electron chi connectivity index (χ1n) is 18.9. The fraction of sp³-hybridized carbons (Fsp3) is 0.304. The summed E-state index contributed by atoms with van der Waals surface area (Å²) in [5.41, 5.74) is 11.2. The van der Waals surface area contributed by atoms with E-state index in [1.165, 1.54) is 73.6 Å². The Labute approximate surface area is 343 Å². The van der Waals surface area contributed by atoms with Crippen molar-refractivity contribution in [3.05, 3.63) is 131 Å². The van der Waals surface area contributed by atoms with Crippen LogP contribution in [0.2, 0.25) is 0 Å². The van der Waals surface area contributed by atoms with Crippen molar-refractivity contribution in [1.29, 1.82) is 0 Å². The summed E-state index contributed by atoms with van der Waals surface area (Å²) in [4.78, 5) is 21.2. The van der Waals surface area contributed by atoms with Crippen molar-refractivity contribution in [2.24, 2.45) is 0 Å². The van der Waals surface area contributed by atoms with Gasteiger partial charge in [-0.15, -0.1) is 69.1 Å². The van der Waals surface area contributed by atoms with Gasteiger partial charge in [0, 0.05) is 12.8 Å². The molecule has 4 nitrogen and oxygen atoms in total. The second kappa shape index (κ2) is 23.5. The van der Waals surface area contributed by atoms with Crippen LogP contribution in [-0.2, 0) is 43.3 Å². The van der Waals surface area contributed by atoms with E-state index < -0.39 is 20.8 Å². The molecule has 0 heterocycles. The van der Waals surface area contributed by atoms with Crippen LogP contribution in [0.3, 0.4) is 0 Å². The SMILES string of the molecule is CCC(=O)N[B]NC(=O)CC.CCc1ccccc1-c1cccc2[cH-]c(C(C)C)cc12.CCc1ccccc1-c1cccc2[cH-]c(C(C)C)cc12.[Cl][Zr+2][Cl]. The number of amides is 2. The van der Waals surface area contributed by atoms with Crippen LogP contribution in [0, 0.1) is 0 Å². The van der Waals surface area contributed by atoms with Gasteiger partial charge in [-0.3, -0.25) is 9.59 Å². The molecule has 0 spiro atoms. The van der Waals surface area contributed by atoms with Gasteiger partial charge in [-0.1, -0.05) is 127 Å². The third kappa shape index (κ3) is 12.8. The van der Waals surface area contributed by atoms with Crippen LogP contribution in [0.25, 0.3) is 43.8 Å². The molecule has 8 heteroatoms. The van der Waals surface area contributed by atoms with E-state index in [-0.39, 0.29) is 11.8 Å². The maximum atomic E-state index is 10.6. The van der Waals surface area contributed by atoms with E-state index in [2.05, 4.69) is 161 Å². The quantitative estimate of drug-likeness (QED) is 0.107. The van der Waals surface area contributed by atoms with Gasteiger partial charge in [0.2, 0.25) is 11.8 Å². The number of fused-ring (bicyclic) bond motifs is 2. The minimum atomic E-state index is -0.826. The summed E-state index contributed by atoms with van der Waals surface area (Å²) in [6.07, 6.45) is 2.98. The molecule has 6 aromatic rings. The fourth-order valence-corrected chi connectivity index (χ4v) is 6.24. The van der Waals surface area contributed by atoms with Gasteiger partial charge in [-0.25, -0.2) is 0 Å². The van der Waals surface area contributed by atoms with E-state index in [4.69, 9.17) is 17.0 Å². The summed E-state index contributed by atoms with van der Waals surface area (Å²) >= 11 is -0.826. The topological polar surface area (TPSA) is 58.2 Å². The molecule has 0 saturated heterocycles. The number of carbonyl (C=O) groups excluding carboxylic acids is 2. The van der Waals surface area contributed by atoms with Crippen molar-refractivity contribution in [2.75, 3.05) is 0 Å². The van der Waals surface area contributed by atoms with E-state index in [0.717, 1.165) is 12.8 Å². The van der Waals surface area contributed by atoms with Crippen LogP contribution in [0.15, 0.2) is 109 Å². The van der Waals surface area contributed by atoms with E-state index >= 15 is 0 Å². The Hall–Kier alpha value is -3.43. The molecule has 0 unspecified atom stereocenters. The summed E-state index contributed by atoms with van der Waals surface area (Å²) < 4.78 is 0. The monoisotopic (exact) mass is 837 g/mol. The van der Waals surface area contributed by atoms with Crippen molar-refractivity contribution in [3.8, 4) is 22.3 Å². The molecule has 6 rings (SSSR count). The molecule has 6 aromatic carbocycles. The van der Waals surface area contributed by atoms with Crippen molar-refractivity contribution in [2.45, 2.75) is 92.9 Å². The molecular weight excluding hydrogens is 785 g/mol. The summed E-state index contributed by atoms with van der Waals surface area (Å²) in [5.74, 6) is 0.941.